The molecule has 0 aliphatic carbocycles. The molecule has 0 radical (unpaired) electrons. The largest absolute Gasteiger partial charge is 0.317 e. The maximum absolute atomic E-state index is 11.8. The molecular weight excluding hydrogens is 298 g/mol. The number of β-lactam (4-membered cyclic amide) rings is 1. The molecule has 5 nitrogen and oxygen atoms in total. The second kappa shape index (κ2) is 5.20. The molecule has 3 rings (SSSR count). The normalized spacial score (nSPS) is 25.3. The molecule has 1 fully saturated rings. The van der Waals surface area contributed by atoms with Crippen molar-refractivity contribution < 1.29 is 14.2 Å². The molecule has 2 aliphatic rings. The molecule has 104 valence electrons. The molecule has 20 heavy (non-hydrogen) atoms. The van der Waals surface area contributed by atoms with Crippen LogP contribution in [-0.2, 0) is 16.1 Å². The Kier molecular flexibility index (Phi) is 3.54. The van der Waals surface area contributed by atoms with Gasteiger partial charge in [0.2, 0.25) is 5.91 Å². The Morgan fingerprint density at radius 2 is 2.15 bits per heavy atom. The molecule has 1 amide bonds. The Morgan fingerprint density at radius 1 is 1.45 bits per heavy atom. The third kappa shape index (κ3) is 2.13. The van der Waals surface area contributed by atoms with Crippen LogP contribution in [0.2, 0.25) is 0 Å². The van der Waals surface area contributed by atoms with E-state index in [-0.39, 0.29) is 11.3 Å². The van der Waals surface area contributed by atoms with E-state index in [4.69, 9.17) is 17.3 Å². The number of thioether (sulfide) groups is 1. The van der Waals surface area contributed by atoms with Crippen molar-refractivity contribution in [1.29, 1.82) is 0 Å². The number of hydrogen-bond acceptors (Lipinski definition) is 4. The van der Waals surface area contributed by atoms with Gasteiger partial charge in [-0.05, 0) is 11.6 Å². The number of carbonyl (C=O) groups is 2. The summed E-state index contributed by atoms with van der Waals surface area (Å²) >= 11 is 7.25. The number of allylic oxidation sites excluding steroid dienone is 1. The average Bonchev–Trinajstić information content (AvgIpc) is 2.46. The maximum Gasteiger partial charge on any atom is 0.269 e. The number of nitrogens with zero attached hydrogens (tertiary/aromatic N) is 2. The van der Waals surface area contributed by atoms with E-state index >= 15 is 0 Å². The zero-order valence-electron chi connectivity index (χ0n) is 10.5. The van der Waals surface area contributed by atoms with E-state index in [0.717, 1.165) is 5.57 Å². The van der Waals surface area contributed by atoms with Gasteiger partial charge in [0.15, 0.2) is 18.9 Å². The van der Waals surface area contributed by atoms with E-state index in [1.165, 1.54) is 4.90 Å². The summed E-state index contributed by atoms with van der Waals surface area (Å²) in [6, 6.07) is 5.21. The molecule has 2 atom stereocenters. The molecule has 7 heteroatoms. The summed E-state index contributed by atoms with van der Waals surface area (Å²) in [4.78, 5) is 25.0. The minimum atomic E-state index is -0.595. The summed E-state index contributed by atoms with van der Waals surface area (Å²) in [6.07, 6.45) is 3.81. The van der Waals surface area contributed by atoms with E-state index in [1.54, 1.807) is 11.8 Å². The Labute approximate surface area is 125 Å². The molecule has 3 heterocycles. The molecule has 1 saturated heterocycles. The van der Waals surface area contributed by atoms with E-state index < -0.39 is 11.3 Å². The van der Waals surface area contributed by atoms with Gasteiger partial charge in [0.1, 0.15) is 17.1 Å². The molecule has 0 aromatic carbocycles. The molecule has 0 bridgehead atoms. The molecule has 1 aromatic rings. The first-order valence-electron chi connectivity index (χ1n) is 6.16. The van der Waals surface area contributed by atoms with Crippen LogP contribution in [0.4, 0.5) is 0 Å². The van der Waals surface area contributed by atoms with Gasteiger partial charge in [0.05, 0.1) is 0 Å². The van der Waals surface area contributed by atoms with Crippen LogP contribution in [-0.4, -0.2) is 33.2 Å². The highest BCUT2D eigenvalue weighted by molar-refractivity contribution is 8.00. The lowest BCUT2D eigenvalue weighted by Crippen LogP contribution is -2.68. The first-order chi connectivity index (χ1) is 9.59. The zero-order valence-corrected chi connectivity index (χ0v) is 12.1. The number of carbonyl (C=O) groups excluding carboxylic acids is 2. The number of pyridine rings is 1. The highest BCUT2D eigenvalue weighted by atomic mass is 35.5. The summed E-state index contributed by atoms with van der Waals surface area (Å²) in [5.41, 5.74) is 6.90. The first kappa shape index (κ1) is 13.6. The lowest BCUT2D eigenvalue weighted by atomic mass is 10.0. The number of nitrogens with two attached hydrogens (primary N) is 1. The second-order valence-corrected chi connectivity index (χ2v) is 6.16. The number of amides is 1. The van der Waals surface area contributed by atoms with Gasteiger partial charge >= 0.3 is 0 Å². The van der Waals surface area contributed by atoms with Crippen LogP contribution >= 0.6 is 23.4 Å². The SMILES string of the molecule is N[C@@H]1C(=O)N2C(C(=O)Cl)=C(C[n+]3ccccc3)CS[C@@H]12. The van der Waals surface area contributed by atoms with Crippen molar-refractivity contribution in [3.63, 3.8) is 0 Å². The number of fused-ring (bicyclic) bond motifs is 1. The van der Waals surface area contributed by atoms with E-state index in [2.05, 4.69) is 0 Å². The Morgan fingerprint density at radius 3 is 2.80 bits per heavy atom. The van der Waals surface area contributed by atoms with Crippen molar-refractivity contribution in [2.45, 2.75) is 18.0 Å². The van der Waals surface area contributed by atoms with Crippen LogP contribution in [0.5, 0.6) is 0 Å². The van der Waals surface area contributed by atoms with E-state index in [1.807, 2.05) is 35.2 Å². The molecule has 0 saturated carbocycles. The van der Waals surface area contributed by atoms with Gasteiger partial charge in [0.25, 0.3) is 5.24 Å². The topological polar surface area (TPSA) is 67.3 Å². The number of aromatic nitrogens is 1. The summed E-state index contributed by atoms with van der Waals surface area (Å²) in [5.74, 6) is 0.416. The lowest BCUT2D eigenvalue weighted by Gasteiger charge is -2.47. The second-order valence-electron chi connectivity index (χ2n) is 4.71. The fourth-order valence-electron chi connectivity index (χ4n) is 2.44. The van der Waals surface area contributed by atoms with Crippen molar-refractivity contribution in [3.8, 4) is 0 Å². The number of hydrogen-bond donors (Lipinski definition) is 1. The monoisotopic (exact) mass is 310 g/mol. The highest BCUT2D eigenvalue weighted by Gasteiger charge is 2.51. The van der Waals surface area contributed by atoms with Crippen molar-refractivity contribution in [1.82, 2.24) is 4.90 Å². The Hall–Kier alpha value is -1.37. The predicted octanol–water partition coefficient (Wildman–Crippen LogP) is 0.236. The molecule has 2 N–H and O–H groups in total. The van der Waals surface area contributed by atoms with Gasteiger partial charge in [-0.1, -0.05) is 6.07 Å². The third-order valence-electron chi connectivity index (χ3n) is 3.43. The molecule has 1 aromatic heterocycles. The van der Waals surface area contributed by atoms with Gasteiger partial charge < -0.3 is 5.73 Å². The fourth-order valence-corrected chi connectivity index (χ4v) is 3.95. The molecular formula is C13H13ClN3O2S+. The molecule has 2 aliphatic heterocycles. The van der Waals surface area contributed by atoms with Crippen LogP contribution < -0.4 is 10.3 Å². The van der Waals surface area contributed by atoms with Crippen molar-refractivity contribution in [2.24, 2.45) is 5.73 Å². The van der Waals surface area contributed by atoms with Crippen LogP contribution in [0, 0.1) is 0 Å². The van der Waals surface area contributed by atoms with Crippen LogP contribution in [0.25, 0.3) is 0 Å². The molecule has 0 spiro atoms. The van der Waals surface area contributed by atoms with Gasteiger partial charge in [0, 0.05) is 23.5 Å². The van der Waals surface area contributed by atoms with Crippen molar-refractivity contribution in [3.05, 3.63) is 41.9 Å². The summed E-state index contributed by atoms with van der Waals surface area (Å²) in [5, 5.41) is -0.758. The molecule has 0 unspecified atom stereocenters. The predicted molar refractivity (Wildman–Crippen MR) is 75.6 cm³/mol. The zero-order chi connectivity index (χ0) is 14.3. The highest BCUT2D eigenvalue weighted by Crippen LogP contribution is 2.40. The summed E-state index contributed by atoms with van der Waals surface area (Å²) < 4.78 is 1.94. The summed E-state index contributed by atoms with van der Waals surface area (Å²) in [6.45, 7) is 0.535. The average molecular weight is 311 g/mol. The van der Waals surface area contributed by atoms with Crippen LogP contribution in [0.1, 0.15) is 0 Å². The Bertz CT molecular complexity index is 605. The first-order valence-corrected chi connectivity index (χ1v) is 7.58. The minimum absolute atomic E-state index is 0.162. The van der Waals surface area contributed by atoms with Crippen LogP contribution in [0.15, 0.2) is 41.9 Å². The van der Waals surface area contributed by atoms with Gasteiger partial charge in [-0.25, -0.2) is 4.57 Å². The fraction of sp³-hybridized carbons (Fsp3) is 0.308. The smallest absolute Gasteiger partial charge is 0.269 e. The van der Waals surface area contributed by atoms with E-state index in [9.17, 15) is 9.59 Å². The summed E-state index contributed by atoms with van der Waals surface area (Å²) in [7, 11) is 0. The lowest BCUT2D eigenvalue weighted by molar-refractivity contribution is -0.689. The van der Waals surface area contributed by atoms with Crippen molar-refractivity contribution in [2.75, 3.05) is 5.75 Å². The van der Waals surface area contributed by atoms with Gasteiger partial charge in [-0.2, -0.15) is 0 Å². The number of rotatable bonds is 3. The maximum atomic E-state index is 11.8. The standard InChI is InChI=1S/C13H13ClN3O2S/c14-11(18)10-8(6-16-4-2-1-3-5-16)7-20-13-9(15)12(19)17(10)13/h1-5,9,13H,6-7,15H2/q+1/t9-,13+/m1/s1. The third-order valence-corrected chi connectivity index (χ3v) is 4.97. The van der Waals surface area contributed by atoms with Gasteiger partial charge in [-0.3, -0.25) is 14.5 Å². The van der Waals surface area contributed by atoms with Gasteiger partial charge in [-0.15, -0.1) is 11.8 Å². The Balaban J connectivity index is 1.94. The van der Waals surface area contributed by atoms with Crippen molar-refractivity contribution >= 4 is 34.5 Å². The number of halogens is 1. The van der Waals surface area contributed by atoms with Crippen LogP contribution in [0.3, 0.4) is 0 Å². The van der Waals surface area contributed by atoms with E-state index in [0.29, 0.717) is 18.0 Å². The minimum Gasteiger partial charge on any atom is -0.317 e. The quantitative estimate of drug-likeness (QED) is 0.493.